The second-order valence-electron chi connectivity index (χ2n) is 4.62. The van der Waals surface area contributed by atoms with E-state index in [4.69, 9.17) is 5.73 Å². The van der Waals surface area contributed by atoms with Gasteiger partial charge >= 0.3 is 0 Å². The number of nitrogen functional groups attached to an aromatic ring is 1. The molecule has 0 aromatic heterocycles. The number of benzene rings is 1. The van der Waals surface area contributed by atoms with Crippen molar-refractivity contribution in [3.05, 3.63) is 26.7 Å². The molecule has 1 saturated heterocycles. The number of hydrogen-bond donors (Lipinski definition) is 2. The molecule has 6 nitrogen and oxygen atoms in total. The summed E-state index contributed by atoms with van der Waals surface area (Å²) in [5.41, 5.74) is 7.05. The fourth-order valence-electron chi connectivity index (χ4n) is 2.21. The average molecular weight is 329 g/mol. The van der Waals surface area contributed by atoms with E-state index in [-0.39, 0.29) is 5.69 Å². The SMILES string of the molecule is Nc1c(Br)cc([N+](=O)[O-])cc1NCCN1CCCC1. The number of anilines is 2. The molecule has 1 aromatic carbocycles. The Morgan fingerprint density at radius 2 is 2.11 bits per heavy atom. The molecule has 1 aliphatic heterocycles. The van der Waals surface area contributed by atoms with Crippen LogP contribution in [0.1, 0.15) is 12.8 Å². The van der Waals surface area contributed by atoms with Crippen molar-refractivity contribution < 1.29 is 4.92 Å². The van der Waals surface area contributed by atoms with Crippen LogP contribution in [0.4, 0.5) is 17.1 Å². The van der Waals surface area contributed by atoms with Gasteiger partial charge in [-0.25, -0.2) is 0 Å². The maximum Gasteiger partial charge on any atom is 0.272 e. The molecule has 1 fully saturated rings. The van der Waals surface area contributed by atoms with Crippen LogP contribution in [0.15, 0.2) is 16.6 Å². The quantitative estimate of drug-likeness (QED) is 0.492. The number of nitrogens with zero attached hydrogens (tertiary/aromatic N) is 2. The average Bonchev–Trinajstić information content (AvgIpc) is 2.87. The van der Waals surface area contributed by atoms with Gasteiger partial charge in [-0.15, -0.1) is 0 Å². The minimum atomic E-state index is -0.421. The summed E-state index contributed by atoms with van der Waals surface area (Å²) >= 11 is 3.24. The number of hydrogen-bond acceptors (Lipinski definition) is 5. The van der Waals surface area contributed by atoms with Gasteiger partial charge in [0.25, 0.3) is 5.69 Å². The number of nitro benzene ring substituents is 1. The van der Waals surface area contributed by atoms with Crippen LogP contribution in [0.2, 0.25) is 0 Å². The van der Waals surface area contributed by atoms with E-state index in [9.17, 15) is 10.1 Å². The number of nitrogens with one attached hydrogen (secondary N) is 1. The van der Waals surface area contributed by atoms with Gasteiger partial charge in [0.2, 0.25) is 0 Å². The molecule has 0 spiro atoms. The highest BCUT2D eigenvalue weighted by Crippen LogP contribution is 2.32. The zero-order chi connectivity index (χ0) is 13.8. The molecule has 7 heteroatoms. The van der Waals surface area contributed by atoms with Crippen molar-refractivity contribution in [1.82, 2.24) is 4.90 Å². The van der Waals surface area contributed by atoms with Crippen LogP contribution in [0.3, 0.4) is 0 Å². The van der Waals surface area contributed by atoms with E-state index < -0.39 is 4.92 Å². The van der Waals surface area contributed by atoms with Crippen LogP contribution in [0.25, 0.3) is 0 Å². The smallest absolute Gasteiger partial charge is 0.272 e. The highest BCUT2D eigenvalue weighted by molar-refractivity contribution is 9.10. The van der Waals surface area contributed by atoms with Crippen molar-refractivity contribution in [2.45, 2.75) is 12.8 Å². The fourth-order valence-corrected chi connectivity index (χ4v) is 2.66. The van der Waals surface area contributed by atoms with E-state index in [1.54, 1.807) is 0 Å². The molecular weight excluding hydrogens is 312 g/mol. The number of halogens is 1. The molecule has 0 saturated carbocycles. The minimum absolute atomic E-state index is 0.0322. The van der Waals surface area contributed by atoms with Gasteiger partial charge in [-0.3, -0.25) is 10.1 Å². The fraction of sp³-hybridized carbons (Fsp3) is 0.500. The topological polar surface area (TPSA) is 84.4 Å². The van der Waals surface area contributed by atoms with Crippen molar-refractivity contribution in [3.8, 4) is 0 Å². The van der Waals surface area contributed by atoms with E-state index in [0.717, 1.165) is 26.2 Å². The Balaban J connectivity index is 2.00. The predicted molar refractivity (Wildman–Crippen MR) is 79.4 cm³/mol. The number of rotatable bonds is 5. The van der Waals surface area contributed by atoms with Gasteiger partial charge in [0, 0.05) is 29.7 Å². The van der Waals surface area contributed by atoms with Crippen molar-refractivity contribution in [2.75, 3.05) is 37.2 Å². The molecule has 19 heavy (non-hydrogen) atoms. The summed E-state index contributed by atoms with van der Waals surface area (Å²) in [6.45, 7) is 3.93. The largest absolute Gasteiger partial charge is 0.396 e. The van der Waals surface area contributed by atoms with Gasteiger partial charge in [0.05, 0.1) is 16.3 Å². The van der Waals surface area contributed by atoms with Crippen molar-refractivity contribution in [2.24, 2.45) is 0 Å². The molecule has 0 bridgehead atoms. The van der Waals surface area contributed by atoms with Crippen molar-refractivity contribution in [3.63, 3.8) is 0 Å². The first-order chi connectivity index (χ1) is 9.08. The maximum absolute atomic E-state index is 10.8. The Hall–Kier alpha value is -1.34. The van der Waals surface area contributed by atoms with Gasteiger partial charge in [0.1, 0.15) is 0 Å². The molecule has 0 unspecified atom stereocenters. The Labute approximate surface area is 120 Å². The maximum atomic E-state index is 10.8. The lowest BCUT2D eigenvalue weighted by molar-refractivity contribution is -0.384. The molecule has 3 N–H and O–H groups in total. The lowest BCUT2D eigenvalue weighted by Gasteiger charge is -2.16. The van der Waals surface area contributed by atoms with Crippen LogP contribution < -0.4 is 11.1 Å². The summed E-state index contributed by atoms with van der Waals surface area (Å²) in [5, 5.41) is 14.0. The second kappa shape index (κ2) is 6.21. The van der Waals surface area contributed by atoms with Crippen molar-refractivity contribution in [1.29, 1.82) is 0 Å². The summed E-state index contributed by atoms with van der Waals surface area (Å²) < 4.78 is 0.547. The molecule has 1 aromatic rings. The van der Waals surface area contributed by atoms with E-state index in [0.29, 0.717) is 15.8 Å². The molecule has 2 rings (SSSR count). The van der Waals surface area contributed by atoms with Crippen LogP contribution in [-0.4, -0.2) is 36.0 Å². The lowest BCUT2D eigenvalue weighted by atomic mass is 10.2. The summed E-state index contributed by atoms with van der Waals surface area (Å²) in [6.07, 6.45) is 2.51. The van der Waals surface area contributed by atoms with E-state index in [1.807, 2.05) is 0 Å². The lowest BCUT2D eigenvalue weighted by Crippen LogP contribution is -2.26. The zero-order valence-corrected chi connectivity index (χ0v) is 12.1. The van der Waals surface area contributed by atoms with Crippen LogP contribution in [0.5, 0.6) is 0 Å². The first-order valence-electron chi connectivity index (χ1n) is 6.27. The summed E-state index contributed by atoms with van der Waals surface area (Å²) in [5.74, 6) is 0. The highest BCUT2D eigenvalue weighted by Gasteiger charge is 2.14. The summed E-state index contributed by atoms with van der Waals surface area (Å²) in [6, 6.07) is 2.89. The molecule has 0 atom stereocenters. The van der Waals surface area contributed by atoms with Gasteiger partial charge in [-0.05, 0) is 41.9 Å². The van der Waals surface area contributed by atoms with Gasteiger partial charge in [-0.2, -0.15) is 0 Å². The number of non-ortho nitro benzene ring substituents is 1. The predicted octanol–water partition coefficient (Wildman–Crippen LogP) is 2.45. The van der Waals surface area contributed by atoms with E-state index in [2.05, 4.69) is 26.1 Å². The standard InChI is InChI=1S/C12H17BrN4O2/c13-10-7-9(17(18)19)8-11(12(10)14)15-3-6-16-4-1-2-5-16/h7-8,15H,1-6,14H2. The Bertz CT molecular complexity index is 475. The zero-order valence-electron chi connectivity index (χ0n) is 10.6. The summed E-state index contributed by atoms with van der Waals surface area (Å²) in [4.78, 5) is 12.8. The molecule has 1 aliphatic rings. The molecule has 0 radical (unpaired) electrons. The molecule has 0 aliphatic carbocycles. The number of likely N-dealkylation sites (tertiary alicyclic amines) is 1. The highest BCUT2D eigenvalue weighted by atomic mass is 79.9. The third-order valence-electron chi connectivity index (χ3n) is 3.27. The van der Waals surface area contributed by atoms with E-state index in [1.165, 1.54) is 25.0 Å². The van der Waals surface area contributed by atoms with Gasteiger partial charge in [0.15, 0.2) is 0 Å². The third kappa shape index (κ3) is 3.57. The Morgan fingerprint density at radius 1 is 1.42 bits per heavy atom. The van der Waals surface area contributed by atoms with Gasteiger partial charge in [-0.1, -0.05) is 0 Å². The second-order valence-corrected chi connectivity index (χ2v) is 5.48. The Kier molecular flexibility index (Phi) is 4.60. The molecular formula is C12H17BrN4O2. The first-order valence-corrected chi connectivity index (χ1v) is 7.07. The third-order valence-corrected chi connectivity index (χ3v) is 3.92. The van der Waals surface area contributed by atoms with Crippen LogP contribution in [0, 0.1) is 10.1 Å². The van der Waals surface area contributed by atoms with E-state index >= 15 is 0 Å². The summed E-state index contributed by atoms with van der Waals surface area (Å²) in [7, 11) is 0. The van der Waals surface area contributed by atoms with Crippen LogP contribution in [-0.2, 0) is 0 Å². The monoisotopic (exact) mass is 328 g/mol. The Morgan fingerprint density at radius 3 is 2.74 bits per heavy atom. The molecule has 104 valence electrons. The van der Waals surface area contributed by atoms with Crippen molar-refractivity contribution >= 4 is 33.0 Å². The number of nitro groups is 1. The minimum Gasteiger partial charge on any atom is -0.396 e. The molecule has 1 heterocycles. The molecule has 0 amide bonds. The first kappa shape index (κ1) is 14.1. The van der Waals surface area contributed by atoms with Crippen LogP contribution >= 0.6 is 15.9 Å². The number of nitrogens with two attached hydrogens (primary N) is 1. The van der Waals surface area contributed by atoms with Gasteiger partial charge < -0.3 is 16.0 Å². The normalized spacial score (nSPS) is 15.6.